The summed E-state index contributed by atoms with van der Waals surface area (Å²) in [5.74, 6) is -2.18. The van der Waals surface area contributed by atoms with Gasteiger partial charge in [0.1, 0.15) is 17.3 Å². The molecule has 0 aliphatic heterocycles. The first-order valence-corrected chi connectivity index (χ1v) is 5.50. The van der Waals surface area contributed by atoms with E-state index >= 15 is 0 Å². The average molecular weight is 258 g/mol. The number of rotatable bonds is 5. The van der Waals surface area contributed by atoms with Gasteiger partial charge >= 0.3 is 0 Å². The number of hydrogen-bond acceptors (Lipinski definition) is 3. The number of hydrogen-bond donors (Lipinski definition) is 2. The molecule has 1 aromatic rings. The molecule has 0 saturated heterocycles. The number of nitrogens with one attached hydrogen (secondary N) is 1. The SMILES string of the molecule is CC(CO)N(C)CC(=O)Nc1c(F)cccc1F. The first-order valence-electron chi connectivity index (χ1n) is 5.50. The maximum atomic E-state index is 13.3. The fourth-order valence-electron chi connectivity index (χ4n) is 1.32. The van der Waals surface area contributed by atoms with Gasteiger partial charge in [0.25, 0.3) is 0 Å². The molecule has 0 aliphatic carbocycles. The van der Waals surface area contributed by atoms with Crippen molar-refractivity contribution in [3.8, 4) is 0 Å². The average Bonchev–Trinajstić information content (AvgIpc) is 2.32. The topological polar surface area (TPSA) is 52.6 Å². The van der Waals surface area contributed by atoms with Crippen LogP contribution in [-0.4, -0.2) is 42.2 Å². The Morgan fingerprint density at radius 1 is 1.44 bits per heavy atom. The Morgan fingerprint density at radius 2 is 2.00 bits per heavy atom. The molecule has 4 nitrogen and oxygen atoms in total. The van der Waals surface area contributed by atoms with E-state index in [1.165, 1.54) is 6.07 Å². The summed E-state index contributed by atoms with van der Waals surface area (Å²) < 4.78 is 26.5. The van der Waals surface area contributed by atoms with Crippen LogP contribution in [0.15, 0.2) is 18.2 Å². The van der Waals surface area contributed by atoms with Crippen LogP contribution in [0.1, 0.15) is 6.92 Å². The van der Waals surface area contributed by atoms with Gasteiger partial charge in [0.15, 0.2) is 0 Å². The molecule has 6 heteroatoms. The summed E-state index contributed by atoms with van der Waals surface area (Å²) in [6, 6.07) is 3.15. The number of aliphatic hydroxyl groups excluding tert-OH is 1. The summed E-state index contributed by atoms with van der Waals surface area (Å²) in [4.78, 5) is 13.2. The summed E-state index contributed by atoms with van der Waals surface area (Å²) in [5, 5.41) is 11.1. The van der Waals surface area contributed by atoms with E-state index in [1.54, 1.807) is 18.9 Å². The Bertz CT molecular complexity index is 406. The predicted octanol–water partition coefficient (Wildman–Crippen LogP) is 1.22. The Balaban J connectivity index is 2.65. The molecule has 1 atom stereocenters. The molecule has 1 rings (SSSR count). The lowest BCUT2D eigenvalue weighted by Gasteiger charge is -2.22. The second-order valence-electron chi connectivity index (χ2n) is 4.09. The molecule has 1 amide bonds. The maximum absolute atomic E-state index is 13.3. The Labute approximate surface area is 104 Å². The number of carbonyl (C=O) groups excluding carboxylic acids is 1. The van der Waals surface area contributed by atoms with Gasteiger partial charge in [-0.25, -0.2) is 8.78 Å². The first-order chi connectivity index (χ1) is 8.45. The number of benzene rings is 1. The second-order valence-corrected chi connectivity index (χ2v) is 4.09. The van der Waals surface area contributed by atoms with E-state index in [-0.39, 0.29) is 19.2 Å². The molecule has 2 N–H and O–H groups in total. The lowest BCUT2D eigenvalue weighted by molar-refractivity contribution is -0.117. The summed E-state index contributed by atoms with van der Waals surface area (Å²) in [6.45, 7) is 1.57. The van der Waals surface area contributed by atoms with Gasteiger partial charge in [-0.3, -0.25) is 9.69 Å². The number of likely N-dealkylation sites (N-methyl/N-ethyl adjacent to an activating group) is 1. The minimum atomic E-state index is -0.818. The van der Waals surface area contributed by atoms with E-state index in [0.717, 1.165) is 12.1 Å². The molecule has 0 bridgehead atoms. The molecule has 18 heavy (non-hydrogen) atoms. The van der Waals surface area contributed by atoms with Crippen molar-refractivity contribution >= 4 is 11.6 Å². The van der Waals surface area contributed by atoms with Crippen LogP contribution < -0.4 is 5.32 Å². The van der Waals surface area contributed by atoms with Gasteiger partial charge in [-0.2, -0.15) is 0 Å². The van der Waals surface area contributed by atoms with Crippen LogP contribution in [0.3, 0.4) is 0 Å². The lowest BCUT2D eigenvalue weighted by atomic mass is 10.2. The van der Waals surface area contributed by atoms with Crippen molar-refractivity contribution in [2.45, 2.75) is 13.0 Å². The highest BCUT2D eigenvalue weighted by molar-refractivity contribution is 5.92. The smallest absolute Gasteiger partial charge is 0.238 e. The van der Waals surface area contributed by atoms with Crippen LogP contribution in [0.2, 0.25) is 0 Å². The third-order valence-corrected chi connectivity index (χ3v) is 2.64. The van der Waals surface area contributed by atoms with E-state index < -0.39 is 23.2 Å². The second kappa shape index (κ2) is 6.42. The summed E-state index contributed by atoms with van der Waals surface area (Å²) in [6.07, 6.45) is 0. The highest BCUT2D eigenvalue weighted by atomic mass is 19.1. The Morgan fingerprint density at radius 3 is 2.50 bits per heavy atom. The Hall–Kier alpha value is -1.53. The molecule has 100 valence electrons. The van der Waals surface area contributed by atoms with E-state index in [0.29, 0.717) is 0 Å². The van der Waals surface area contributed by atoms with Gasteiger partial charge in [-0.15, -0.1) is 0 Å². The quantitative estimate of drug-likeness (QED) is 0.835. The van der Waals surface area contributed by atoms with Crippen LogP contribution in [0.25, 0.3) is 0 Å². The zero-order valence-electron chi connectivity index (χ0n) is 10.3. The number of amides is 1. The minimum Gasteiger partial charge on any atom is -0.395 e. The summed E-state index contributed by atoms with van der Waals surface area (Å²) >= 11 is 0. The van der Waals surface area contributed by atoms with E-state index in [1.807, 2.05) is 0 Å². The van der Waals surface area contributed by atoms with E-state index in [4.69, 9.17) is 5.11 Å². The molecule has 1 aromatic carbocycles. The number of aliphatic hydroxyl groups is 1. The molecule has 0 aliphatic rings. The van der Waals surface area contributed by atoms with Crippen LogP contribution in [0, 0.1) is 11.6 Å². The van der Waals surface area contributed by atoms with Crippen molar-refractivity contribution in [1.29, 1.82) is 0 Å². The largest absolute Gasteiger partial charge is 0.395 e. The van der Waals surface area contributed by atoms with Gasteiger partial charge in [0.05, 0.1) is 13.2 Å². The van der Waals surface area contributed by atoms with Gasteiger partial charge < -0.3 is 10.4 Å². The van der Waals surface area contributed by atoms with Crippen molar-refractivity contribution in [2.24, 2.45) is 0 Å². The van der Waals surface area contributed by atoms with E-state index in [9.17, 15) is 13.6 Å². The molecule has 0 spiro atoms. The van der Waals surface area contributed by atoms with Crippen LogP contribution >= 0.6 is 0 Å². The highest BCUT2D eigenvalue weighted by Crippen LogP contribution is 2.17. The molecule has 0 heterocycles. The van der Waals surface area contributed by atoms with Gasteiger partial charge in [-0.05, 0) is 26.1 Å². The van der Waals surface area contributed by atoms with Gasteiger partial charge in [-0.1, -0.05) is 6.07 Å². The number of carbonyl (C=O) groups is 1. The van der Waals surface area contributed by atoms with Crippen molar-refractivity contribution in [1.82, 2.24) is 4.90 Å². The zero-order valence-corrected chi connectivity index (χ0v) is 10.3. The molecule has 1 unspecified atom stereocenters. The fourth-order valence-corrected chi connectivity index (χ4v) is 1.32. The molecule has 0 fully saturated rings. The van der Waals surface area contributed by atoms with Crippen molar-refractivity contribution in [3.63, 3.8) is 0 Å². The number of nitrogens with zero attached hydrogens (tertiary/aromatic N) is 1. The van der Waals surface area contributed by atoms with Gasteiger partial charge in [0.2, 0.25) is 5.91 Å². The highest BCUT2D eigenvalue weighted by Gasteiger charge is 2.15. The van der Waals surface area contributed by atoms with Crippen LogP contribution in [-0.2, 0) is 4.79 Å². The number of halogens is 2. The Kier molecular flexibility index (Phi) is 5.18. The molecule has 0 radical (unpaired) electrons. The van der Waals surface area contributed by atoms with Crippen LogP contribution in [0.5, 0.6) is 0 Å². The van der Waals surface area contributed by atoms with E-state index in [2.05, 4.69) is 5.32 Å². The molecular weight excluding hydrogens is 242 g/mol. The standard InChI is InChI=1S/C12H16F2N2O2/c1-8(7-17)16(2)6-11(18)15-12-9(13)4-3-5-10(12)14/h3-5,8,17H,6-7H2,1-2H3,(H,15,18). The van der Waals surface area contributed by atoms with Crippen LogP contribution in [0.4, 0.5) is 14.5 Å². The monoisotopic (exact) mass is 258 g/mol. The third-order valence-electron chi connectivity index (χ3n) is 2.64. The molecular formula is C12H16F2N2O2. The fraction of sp³-hybridized carbons (Fsp3) is 0.417. The van der Waals surface area contributed by atoms with Crippen molar-refractivity contribution in [3.05, 3.63) is 29.8 Å². The first kappa shape index (κ1) is 14.5. The third kappa shape index (κ3) is 3.75. The predicted molar refractivity (Wildman–Crippen MR) is 64.2 cm³/mol. The van der Waals surface area contributed by atoms with Crippen molar-refractivity contribution < 1.29 is 18.7 Å². The summed E-state index contributed by atoms with van der Waals surface area (Å²) in [7, 11) is 1.64. The number of anilines is 1. The zero-order chi connectivity index (χ0) is 13.7. The van der Waals surface area contributed by atoms with Crippen molar-refractivity contribution in [2.75, 3.05) is 25.5 Å². The van der Waals surface area contributed by atoms with Gasteiger partial charge in [0, 0.05) is 6.04 Å². The normalized spacial score (nSPS) is 12.6. The summed E-state index contributed by atoms with van der Waals surface area (Å²) in [5.41, 5.74) is -0.451. The lowest BCUT2D eigenvalue weighted by Crippen LogP contribution is -2.38. The maximum Gasteiger partial charge on any atom is 0.238 e. The minimum absolute atomic E-state index is 0.0600. The molecule has 0 aromatic heterocycles. The number of para-hydroxylation sites is 1. The molecule has 0 saturated carbocycles.